The molecule has 0 aliphatic rings. The number of aryl methyl sites for hydroxylation is 1. The topological polar surface area (TPSA) is 62.5 Å². The Kier molecular flexibility index (Phi) is 6.24. The average Bonchev–Trinajstić information content (AvgIpc) is 2.67. The molecule has 1 aromatic rings. The van der Waals surface area contributed by atoms with Gasteiger partial charge in [0.1, 0.15) is 0 Å². The van der Waals surface area contributed by atoms with Gasteiger partial charge < -0.3 is 14.6 Å². The van der Waals surface area contributed by atoms with Gasteiger partial charge in [-0.3, -0.25) is 9.59 Å². The number of aliphatic hydroxyl groups is 1. The number of hydrogen-bond acceptors (Lipinski definition) is 4. The molecule has 0 aliphatic carbocycles. The van der Waals surface area contributed by atoms with E-state index >= 15 is 0 Å². The Morgan fingerprint density at radius 1 is 1.58 bits per heavy atom. The van der Waals surface area contributed by atoms with Crippen molar-refractivity contribution in [3.8, 4) is 0 Å². The number of aromatic nitrogens is 1. The molecule has 6 heteroatoms. The molecule has 0 saturated heterocycles. The number of amides is 1. The second-order valence-corrected chi connectivity index (χ2v) is 5.67. The van der Waals surface area contributed by atoms with Crippen LogP contribution < -0.4 is 4.87 Å². The largest absolute Gasteiger partial charge is 0.393 e. The summed E-state index contributed by atoms with van der Waals surface area (Å²) in [6.07, 6.45) is 1.29. The van der Waals surface area contributed by atoms with Crippen molar-refractivity contribution in [1.82, 2.24) is 9.47 Å². The molecule has 1 N–H and O–H groups in total. The van der Waals surface area contributed by atoms with E-state index in [1.165, 1.54) is 11.3 Å². The van der Waals surface area contributed by atoms with Crippen LogP contribution in [-0.4, -0.2) is 40.2 Å². The van der Waals surface area contributed by atoms with E-state index in [0.29, 0.717) is 32.4 Å². The Hall–Kier alpha value is -1.14. The molecule has 0 saturated carbocycles. The number of nitrogens with zero attached hydrogens (tertiary/aromatic N) is 2. The van der Waals surface area contributed by atoms with Crippen LogP contribution in [0.2, 0.25) is 0 Å². The van der Waals surface area contributed by atoms with Crippen LogP contribution >= 0.6 is 11.3 Å². The van der Waals surface area contributed by atoms with Crippen LogP contribution in [0.3, 0.4) is 0 Å². The van der Waals surface area contributed by atoms with Gasteiger partial charge in [0, 0.05) is 37.6 Å². The van der Waals surface area contributed by atoms with E-state index in [0.717, 1.165) is 5.69 Å². The standard InChI is InChI=1S/C13H22N2O3S/c1-10-9-19-13(18)15(10)7-4-5-12(17)14(3)8-6-11(2)16/h9,11,16H,4-8H2,1-3H3. The van der Waals surface area contributed by atoms with Crippen molar-refractivity contribution in [2.45, 2.75) is 45.8 Å². The molecule has 1 amide bonds. The van der Waals surface area contributed by atoms with Crippen molar-refractivity contribution >= 4 is 17.2 Å². The third-order valence-corrected chi connectivity index (χ3v) is 3.94. The number of thiazole rings is 1. The van der Waals surface area contributed by atoms with Gasteiger partial charge in [-0.25, -0.2) is 0 Å². The molecule has 108 valence electrons. The van der Waals surface area contributed by atoms with Crippen LogP contribution in [0.15, 0.2) is 10.2 Å². The number of hydrogen-bond donors (Lipinski definition) is 1. The van der Waals surface area contributed by atoms with Gasteiger partial charge in [0.05, 0.1) is 6.10 Å². The maximum Gasteiger partial charge on any atom is 0.307 e. The third kappa shape index (κ3) is 5.16. The lowest BCUT2D eigenvalue weighted by Gasteiger charge is -2.18. The molecule has 1 unspecified atom stereocenters. The van der Waals surface area contributed by atoms with E-state index in [-0.39, 0.29) is 16.9 Å². The maximum absolute atomic E-state index is 11.8. The highest BCUT2D eigenvalue weighted by molar-refractivity contribution is 7.07. The molecule has 1 aromatic heterocycles. The van der Waals surface area contributed by atoms with Crippen LogP contribution in [0.25, 0.3) is 0 Å². The predicted molar refractivity (Wildman–Crippen MR) is 76.5 cm³/mol. The summed E-state index contributed by atoms with van der Waals surface area (Å²) in [7, 11) is 1.74. The Balaban J connectivity index is 2.33. The van der Waals surface area contributed by atoms with E-state index < -0.39 is 0 Å². The molecule has 1 atom stereocenters. The molecule has 0 bridgehead atoms. The highest BCUT2D eigenvalue weighted by Crippen LogP contribution is 2.04. The van der Waals surface area contributed by atoms with Crippen molar-refractivity contribution < 1.29 is 9.90 Å². The first-order valence-electron chi connectivity index (χ1n) is 6.48. The van der Waals surface area contributed by atoms with Crippen LogP contribution in [-0.2, 0) is 11.3 Å². The van der Waals surface area contributed by atoms with Gasteiger partial charge >= 0.3 is 4.87 Å². The summed E-state index contributed by atoms with van der Waals surface area (Å²) in [4.78, 5) is 25.0. The Morgan fingerprint density at radius 2 is 2.26 bits per heavy atom. The molecule has 0 spiro atoms. The Bertz CT molecular complexity index is 465. The van der Waals surface area contributed by atoms with Gasteiger partial charge in [0.25, 0.3) is 0 Å². The number of carbonyl (C=O) groups excluding carboxylic acids is 1. The van der Waals surface area contributed by atoms with Crippen molar-refractivity contribution in [3.63, 3.8) is 0 Å². The normalized spacial score (nSPS) is 12.4. The minimum atomic E-state index is -0.387. The Labute approximate surface area is 117 Å². The van der Waals surface area contributed by atoms with Crippen LogP contribution in [0.5, 0.6) is 0 Å². The molecule has 0 radical (unpaired) electrons. The van der Waals surface area contributed by atoms with Gasteiger partial charge in [-0.2, -0.15) is 0 Å². The highest BCUT2D eigenvalue weighted by Gasteiger charge is 2.10. The zero-order chi connectivity index (χ0) is 14.4. The average molecular weight is 286 g/mol. The van der Waals surface area contributed by atoms with Crippen LogP contribution in [0.1, 0.15) is 31.9 Å². The van der Waals surface area contributed by atoms with Crippen molar-refractivity contribution in [2.75, 3.05) is 13.6 Å². The lowest BCUT2D eigenvalue weighted by atomic mass is 10.2. The van der Waals surface area contributed by atoms with Gasteiger partial charge in [-0.05, 0) is 26.7 Å². The van der Waals surface area contributed by atoms with Gasteiger partial charge in [0.2, 0.25) is 5.91 Å². The molecular weight excluding hydrogens is 264 g/mol. The van der Waals surface area contributed by atoms with Gasteiger partial charge in [-0.1, -0.05) is 11.3 Å². The fraction of sp³-hybridized carbons (Fsp3) is 0.692. The SMILES string of the molecule is Cc1csc(=O)n1CCCC(=O)N(C)CCC(C)O. The smallest absolute Gasteiger partial charge is 0.307 e. The summed E-state index contributed by atoms with van der Waals surface area (Å²) in [6.45, 7) is 4.76. The summed E-state index contributed by atoms with van der Waals surface area (Å²) in [6, 6.07) is 0. The second-order valence-electron chi connectivity index (χ2n) is 4.85. The van der Waals surface area contributed by atoms with E-state index in [1.807, 2.05) is 12.3 Å². The van der Waals surface area contributed by atoms with Crippen molar-refractivity contribution in [3.05, 3.63) is 20.7 Å². The van der Waals surface area contributed by atoms with E-state index in [2.05, 4.69) is 0 Å². The molecule has 1 rings (SSSR count). The summed E-state index contributed by atoms with van der Waals surface area (Å²) in [5.41, 5.74) is 0.949. The highest BCUT2D eigenvalue weighted by atomic mass is 32.1. The maximum atomic E-state index is 11.8. The minimum Gasteiger partial charge on any atom is -0.393 e. The lowest BCUT2D eigenvalue weighted by molar-refractivity contribution is -0.130. The Morgan fingerprint density at radius 3 is 2.79 bits per heavy atom. The number of carbonyl (C=O) groups is 1. The van der Waals surface area contributed by atoms with E-state index in [9.17, 15) is 14.7 Å². The van der Waals surface area contributed by atoms with Crippen molar-refractivity contribution in [1.29, 1.82) is 0 Å². The molecule has 19 heavy (non-hydrogen) atoms. The molecule has 0 aliphatic heterocycles. The monoisotopic (exact) mass is 286 g/mol. The first kappa shape index (κ1) is 15.9. The summed E-state index contributed by atoms with van der Waals surface area (Å²) in [5.74, 6) is 0.0570. The van der Waals surface area contributed by atoms with Crippen molar-refractivity contribution in [2.24, 2.45) is 0 Å². The molecular formula is C13H22N2O3S. The quantitative estimate of drug-likeness (QED) is 0.820. The lowest BCUT2D eigenvalue weighted by Crippen LogP contribution is -2.29. The third-order valence-electron chi connectivity index (χ3n) is 3.06. The molecule has 0 aromatic carbocycles. The first-order valence-corrected chi connectivity index (χ1v) is 7.36. The van der Waals surface area contributed by atoms with Crippen LogP contribution in [0, 0.1) is 6.92 Å². The minimum absolute atomic E-state index is 0.0346. The predicted octanol–water partition coefficient (Wildman–Crippen LogP) is 1.23. The zero-order valence-electron chi connectivity index (χ0n) is 11.8. The number of aliphatic hydroxyl groups excluding tert-OH is 1. The van der Waals surface area contributed by atoms with Gasteiger partial charge in [-0.15, -0.1) is 0 Å². The van der Waals surface area contributed by atoms with Crippen LogP contribution in [0.4, 0.5) is 0 Å². The molecule has 0 fully saturated rings. The number of rotatable bonds is 7. The molecule has 1 heterocycles. The fourth-order valence-corrected chi connectivity index (χ4v) is 2.52. The summed E-state index contributed by atoms with van der Waals surface area (Å²) >= 11 is 1.19. The van der Waals surface area contributed by atoms with Gasteiger partial charge in [0.15, 0.2) is 0 Å². The van der Waals surface area contributed by atoms with E-state index in [1.54, 1.807) is 23.4 Å². The summed E-state index contributed by atoms with van der Waals surface area (Å²) in [5, 5.41) is 11.0. The second kappa shape index (κ2) is 7.45. The fourth-order valence-electron chi connectivity index (χ4n) is 1.76. The van der Waals surface area contributed by atoms with E-state index in [4.69, 9.17) is 0 Å². The zero-order valence-corrected chi connectivity index (χ0v) is 12.6. The first-order chi connectivity index (χ1) is 8.91. The summed E-state index contributed by atoms with van der Waals surface area (Å²) < 4.78 is 1.70. The molecule has 5 nitrogen and oxygen atoms in total.